The number of nitrogens with zero attached hydrogens (tertiary/aromatic N) is 2. The van der Waals surface area contributed by atoms with Crippen LogP contribution in [0.5, 0.6) is 0 Å². The molecule has 12 nitrogen and oxygen atoms in total. The third kappa shape index (κ3) is 7.01. The van der Waals surface area contributed by atoms with Gasteiger partial charge in [-0.05, 0) is 75.1 Å². The molecule has 2 aromatic carbocycles. The Bertz CT molecular complexity index is 1440. The average Bonchev–Trinajstić information content (AvgIpc) is 3.37. The first-order valence-electron chi connectivity index (χ1n) is 14.6. The predicted molar refractivity (Wildman–Crippen MR) is 157 cm³/mol. The summed E-state index contributed by atoms with van der Waals surface area (Å²) in [5.74, 6) is -2.76. The number of aliphatic hydroxyl groups excluding tert-OH is 1. The van der Waals surface area contributed by atoms with E-state index in [2.05, 4.69) is 10.6 Å². The van der Waals surface area contributed by atoms with Crippen molar-refractivity contribution in [2.45, 2.75) is 57.5 Å². The van der Waals surface area contributed by atoms with E-state index in [0.29, 0.717) is 44.8 Å². The van der Waals surface area contributed by atoms with Crippen LogP contribution in [0.1, 0.15) is 54.7 Å². The van der Waals surface area contributed by atoms with Gasteiger partial charge in [0, 0.05) is 31.0 Å². The molecule has 3 aliphatic rings. The van der Waals surface area contributed by atoms with Crippen molar-refractivity contribution in [1.29, 1.82) is 0 Å². The number of carbonyl (C=O) groups is 4. The summed E-state index contributed by atoms with van der Waals surface area (Å²) in [6.07, 6.45) is -2.53. The number of rotatable bonds is 6. The molecule has 0 unspecified atom stereocenters. The van der Waals surface area contributed by atoms with E-state index >= 15 is 0 Å². The largest absolute Gasteiger partial charge is 0.444 e. The van der Waals surface area contributed by atoms with Crippen molar-refractivity contribution in [2.75, 3.05) is 49.7 Å². The molecule has 2 aromatic rings. The maximum atomic E-state index is 14.7. The van der Waals surface area contributed by atoms with E-state index in [1.807, 2.05) is 0 Å². The second-order valence-electron chi connectivity index (χ2n) is 11.9. The summed E-state index contributed by atoms with van der Waals surface area (Å²) in [6, 6.07) is 8.76. The Balaban J connectivity index is 1.23. The third-order valence-electron chi connectivity index (χ3n) is 7.65. The molecular formula is C31H37FN4O8. The minimum absolute atomic E-state index is 0.00967. The molecular weight excluding hydrogens is 575 g/mol. The monoisotopic (exact) mass is 612 g/mol. The van der Waals surface area contributed by atoms with E-state index < -0.39 is 47.4 Å². The number of aryl methyl sites for hydroxylation is 1. The minimum Gasteiger partial charge on any atom is -0.444 e. The highest BCUT2D eigenvalue weighted by atomic mass is 19.1. The highest BCUT2D eigenvalue weighted by molar-refractivity contribution is 6.04. The number of hydrogen-bond donors (Lipinski definition) is 3. The fourth-order valence-electron chi connectivity index (χ4n) is 5.52. The van der Waals surface area contributed by atoms with E-state index in [0.717, 1.165) is 17.2 Å². The Kier molecular flexibility index (Phi) is 9.18. The summed E-state index contributed by atoms with van der Waals surface area (Å²) in [5.41, 5.74) is 1.69. The number of amides is 4. The van der Waals surface area contributed by atoms with Gasteiger partial charge in [0.05, 0.1) is 31.4 Å². The molecule has 4 amide bonds. The van der Waals surface area contributed by atoms with E-state index in [4.69, 9.17) is 14.2 Å². The highest BCUT2D eigenvalue weighted by Crippen LogP contribution is 2.33. The van der Waals surface area contributed by atoms with Gasteiger partial charge < -0.3 is 39.8 Å². The highest BCUT2D eigenvalue weighted by Gasteiger charge is 2.40. The predicted octanol–water partition coefficient (Wildman–Crippen LogP) is 2.54. The Hall–Kier alpha value is -4.07. The summed E-state index contributed by atoms with van der Waals surface area (Å²) in [4.78, 5) is 54.3. The first-order chi connectivity index (χ1) is 20.9. The number of ether oxygens (including phenoxy) is 3. The molecule has 5 rings (SSSR count). The van der Waals surface area contributed by atoms with E-state index in [9.17, 15) is 28.7 Å². The molecule has 0 bridgehead atoms. The molecule has 0 spiro atoms. The molecule has 3 N–H and O–H groups in total. The van der Waals surface area contributed by atoms with Crippen LogP contribution in [0.2, 0.25) is 0 Å². The summed E-state index contributed by atoms with van der Waals surface area (Å²) < 4.78 is 30.8. The second-order valence-corrected chi connectivity index (χ2v) is 11.9. The molecule has 3 atom stereocenters. The molecule has 0 saturated carbocycles. The van der Waals surface area contributed by atoms with Crippen LogP contribution in [0.25, 0.3) is 0 Å². The lowest BCUT2D eigenvalue weighted by molar-refractivity contribution is -0.150. The zero-order valence-corrected chi connectivity index (χ0v) is 24.9. The van der Waals surface area contributed by atoms with Crippen molar-refractivity contribution in [3.05, 3.63) is 58.9 Å². The number of carbonyl (C=O) groups excluding carboxylic acids is 4. The van der Waals surface area contributed by atoms with Crippen LogP contribution in [0.3, 0.4) is 0 Å². The third-order valence-corrected chi connectivity index (χ3v) is 7.65. The standard InChI is InChI=1S/C31H37FN4O8/c1-31(2,3)44-30(41)34-24-9-4-18-16-19(5-7-21(18)24)33-27(38)25(37)26-29(40)36(12-15-43-26)20-6-8-23(32)22(17-20)28(39)35-10-13-42-14-11-35/h5-8,16-17,24-26,37H,4,9-15H2,1-3H3,(H,33,38)(H,34,41)/t24-,25-,26-/m1/s1. The molecule has 1 aliphatic carbocycles. The second kappa shape index (κ2) is 12.9. The summed E-state index contributed by atoms with van der Waals surface area (Å²) >= 11 is 0. The summed E-state index contributed by atoms with van der Waals surface area (Å²) in [6.45, 7) is 6.83. The number of aliphatic hydroxyl groups is 1. The zero-order valence-electron chi connectivity index (χ0n) is 24.9. The number of halogens is 1. The van der Waals surface area contributed by atoms with Gasteiger partial charge in [0.2, 0.25) is 0 Å². The zero-order chi connectivity index (χ0) is 31.6. The van der Waals surface area contributed by atoms with Crippen LogP contribution in [0, 0.1) is 5.82 Å². The normalized spacial score (nSPS) is 21.0. The Labute approximate surface area is 254 Å². The van der Waals surface area contributed by atoms with Crippen LogP contribution < -0.4 is 15.5 Å². The number of anilines is 2. The summed E-state index contributed by atoms with van der Waals surface area (Å²) in [5, 5.41) is 16.4. The number of alkyl carbamates (subject to hydrolysis) is 1. The number of morpholine rings is 2. The van der Waals surface area contributed by atoms with Crippen LogP contribution >= 0.6 is 0 Å². The van der Waals surface area contributed by atoms with Gasteiger partial charge in [-0.3, -0.25) is 14.4 Å². The van der Waals surface area contributed by atoms with Gasteiger partial charge in [-0.1, -0.05) is 6.07 Å². The Morgan fingerprint density at radius 2 is 1.82 bits per heavy atom. The molecule has 2 aliphatic heterocycles. The van der Waals surface area contributed by atoms with Crippen LogP contribution in [-0.2, 0) is 30.2 Å². The van der Waals surface area contributed by atoms with Crippen LogP contribution in [0.15, 0.2) is 36.4 Å². The molecule has 44 heavy (non-hydrogen) atoms. The summed E-state index contributed by atoms with van der Waals surface area (Å²) in [7, 11) is 0. The number of hydrogen-bond acceptors (Lipinski definition) is 8. The van der Waals surface area contributed by atoms with E-state index in [1.165, 1.54) is 21.9 Å². The maximum absolute atomic E-state index is 14.7. The smallest absolute Gasteiger partial charge is 0.408 e. The number of fused-ring (bicyclic) bond motifs is 1. The number of benzene rings is 2. The van der Waals surface area contributed by atoms with Gasteiger partial charge in [0.15, 0.2) is 12.2 Å². The first-order valence-corrected chi connectivity index (χ1v) is 14.6. The quantitative estimate of drug-likeness (QED) is 0.451. The Morgan fingerprint density at radius 3 is 2.55 bits per heavy atom. The average molecular weight is 613 g/mol. The van der Waals surface area contributed by atoms with Gasteiger partial charge in [-0.15, -0.1) is 0 Å². The van der Waals surface area contributed by atoms with Crippen LogP contribution in [-0.4, -0.2) is 91.1 Å². The van der Waals surface area contributed by atoms with Crippen molar-refractivity contribution in [3.63, 3.8) is 0 Å². The van der Waals surface area contributed by atoms with Gasteiger partial charge in [-0.25, -0.2) is 9.18 Å². The SMILES string of the molecule is CC(C)(C)OC(=O)N[C@@H]1CCc2cc(NC(=O)[C@H](O)[C@H]3OCCN(c4ccc(F)c(C(=O)N5CCOCC5)c4)C3=O)ccc21. The fourth-order valence-corrected chi connectivity index (χ4v) is 5.52. The van der Waals surface area contributed by atoms with Gasteiger partial charge >= 0.3 is 6.09 Å². The van der Waals surface area contributed by atoms with Crippen molar-refractivity contribution < 1.29 is 42.9 Å². The van der Waals surface area contributed by atoms with Crippen molar-refractivity contribution in [3.8, 4) is 0 Å². The molecule has 2 saturated heterocycles. The molecule has 13 heteroatoms. The van der Waals surface area contributed by atoms with Crippen molar-refractivity contribution in [1.82, 2.24) is 10.2 Å². The van der Waals surface area contributed by atoms with Gasteiger partial charge in [0.1, 0.15) is 11.4 Å². The minimum atomic E-state index is -1.84. The molecule has 2 fully saturated rings. The lowest BCUT2D eigenvalue weighted by Gasteiger charge is -2.34. The maximum Gasteiger partial charge on any atom is 0.408 e. The van der Waals surface area contributed by atoms with Gasteiger partial charge in [0.25, 0.3) is 17.7 Å². The fraction of sp³-hybridized carbons (Fsp3) is 0.484. The number of nitrogens with one attached hydrogen (secondary N) is 2. The molecule has 0 aromatic heterocycles. The Morgan fingerprint density at radius 1 is 1.07 bits per heavy atom. The lowest BCUT2D eigenvalue weighted by Crippen LogP contribution is -2.55. The molecule has 236 valence electrons. The van der Waals surface area contributed by atoms with Crippen molar-refractivity contribution >= 4 is 35.2 Å². The van der Waals surface area contributed by atoms with Gasteiger partial charge in [-0.2, -0.15) is 0 Å². The van der Waals surface area contributed by atoms with Crippen molar-refractivity contribution in [2.24, 2.45) is 0 Å². The first kappa shape index (κ1) is 31.4. The van der Waals surface area contributed by atoms with Crippen LogP contribution in [0.4, 0.5) is 20.6 Å². The lowest BCUT2D eigenvalue weighted by atomic mass is 10.1. The van der Waals surface area contributed by atoms with E-state index in [-0.39, 0.29) is 30.4 Å². The molecule has 2 heterocycles. The van der Waals surface area contributed by atoms with E-state index in [1.54, 1.807) is 39.0 Å². The topological polar surface area (TPSA) is 147 Å². The molecule has 0 radical (unpaired) electrons.